The molecule has 0 radical (unpaired) electrons. The standard InChI is InChI=1S/C14H15N3O.C2H2O4/c1-17-9-7-12(8-10-17)14-15-13(16-18-14)11-5-3-2-4-6-11;3-1(4)2(5)6/h2-7H,8-10H2,1H3;(H,3,4)(H,5,6). The van der Waals surface area contributed by atoms with Crippen molar-refractivity contribution >= 4 is 17.5 Å². The fourth-order valence-electron chi connectivity index (χ4n) is 2.02. The zero-order valence-electron chi connectivity index (χ0n) is 13.0. The van der Waals surface area contributed by atoms with Gasteiger partial charge >= 0.3 is 11.9 Å². The molecule has 126 valence electrons. The van der Waals surface area contributed by atoms with E-state index in [1.165, 1.54) is 0 Å². The number of hydrogen-bond donors (Lipinski definition) is 2. The van der Waals surface area contributed by atoms with Crippen molar-refractivity contribution in [3.8, 4) is 11.4 Å². The number of carboxylic acids is 2. The smallest absolute Gasteiger partial charge is 0.414 e. The molecule has 0 atom stereocenters. The summed E-state index contributed by atoms with van der Waals surface area (Å²) in [4.78, 5) is 24.9. The van der Waals surface area contributed by atoms with Crippen molar-refractivity contribution in [2.45, 2.75) is 6.42 Å². The molecule has 1 aromatic heterocycles. The maximum absolute atomic E-state index is 9.10. The molecule has 8 nitrogen and oxygen atoms in total. The number of rotatable bonds is 2. The Hall–Kier alpha value is -3.00. The van der Waals surface area contributed by atoms with Gasteiger partial charge in [-0.25, -0.2) is 9.59 Å². The van der Waals surface area contributed by atoms with Crippen LogP contribution in [-0.2, 0) is 9.59 Å². The van der Waals surface area contributed by atoms with Crippen LogP contribution in [0.5, 0.6) is 0 Å². The fraction of sp³-hybridized carbons (Fsp3) is 0.250. The van der Waals surface area contributed by atoms with Crippen molar-refractivity contribution in [3.63, 3.8) is 0 Å². The highest BCUT2D eigenvalue weighted by atomic mass is 16.5. The lowest BCUT2D eigenvalue weighted by Crippen LogP contribution is -2.23. The first-order valence-electron chi connectivity index (χ1n) is 7.20. The number of carbonyl (C=O) groups is 2. The molecule has 0 bridgehead atoms. The number of hydrogen-bond acceptors (Lipinski definition) is 6. The number of likely N-dealkylation sites (N-methyl/N-ethyl adjacent to an activating group) is 1. The molecular formula is C16H17N3O5. The monoisotopic (exact) mass is 331 g/mol. The maximum atomic E-state index is 9.10. The van der Waals surface area contributed by atoms with Gasteiger partial charge < -0.3 is 19.6 Å². The van der Waals surface area contributed by atoms with Crippen LogP contribution in [0.2, 0.25) is 0 Å². The summed E-state index contributed by atoms with van der Waals surface area (Å²) in [5.74, 6) is -2.34. The van der Waals surface area contributed by atoms with Crippen molar-refractivity contribution in [3.05, 3.63) is 42.3 Å². The third kappa shape index (κ3) is 4.75. The lowest BCUT2D eigenvalue weighted by molar-refractivity contribution is -0.159. The van der Waals surface area contributed by atoms with E-state index in [0.29, 0.717) is 11.7 Å². The second kappa shape index (κ2) is 8.02. The molecule has 2 heterocycles. The number of aliphatic carboxylic acids is 2. The number of nitrogens with zero attached hydrogens (tertiary/aromatic N) is 3. The fourth-order valence-corrected chi connectivity index (χ4v) is 2.02. The molecule has 0 spiro atoms. The summed E-state index contributed by atoms with van der Waals surface area (Å²) in [6.07, 6.45) is 3.12. The molecule has 2 N–H and O–H groups in total. The third-order valence-corrected chi connectivity index (χ3v) is 3.33. The average molecular weight is 331 g/mol. The lowest BCUT2D eigenvalue weighted by atomic mass is 10.1. The van der Waals surface area contributed by atoms with Gasteiger partial charge in [-0.3, -0.25) is 0 Å². The summed E-state index contributed by atoms with van der Waals surface area (Å²) in [6, 6.07) is 9.89. The number of benzene rings is 1. The number of aromatic nitrogens is 2. The van der Waals surface area contributed by atoms with E-state index in [4.69, 9.17) is 24.3 Å². The van der Waals surface area contributed by atoms with Crippen LogP contribution >= 0.6 is 0 Å². The molecule has 3 rings (SSSR count). The Kier molecular flexibility index (Phi) is 5.80. The Morgan fingerprint density at radius 1 is 1.17 bits per heavy atom. The minimum atomic E-state index is -1.82. The zero-order chi connectivity index (χ0) is 17.5. The summed E-state index contributed by atoms with van der Waals surface area (Å²) < 4.78 is 5.35. The quantitative estimate of drug-likeness (QED) is 0.797. The van der Waals surface area contributed by atoms with Gasteiger partial charge in [0.15, 0.2) is 0 Å². The predicted molar refractivity (Wildman–Crippen MR) is 85.1 cm³/mol. The molecule has 0 aliphatic carbocycles. The van der Waals surface area contributed by atoms with Crippen molar-refractivity contribution in [1.29, 1.82) is 0 Å². The van der Waals surface area contributed by atoms with Crippen molar-refractivity contribution in [2.24, 2.45) is 0 Å². The van der Waals surface area contributed by atoms with Gasteiger partial charge in [0.2, 0.25) is 5.82 Å². The summed E-state index contributed by atoms with van der Waals surface area (Å²) in [5.41, 5.74) is 2.14. The highest BCUT2D eigenvalue weighted by molar-refractivity contribution is 6.27. The minimum Gasteiger partial charge on any atom is -0.473 e. The highest BCUT2D eigenvalue weighted by Crippen LogP contribution is 2.23. The summed E-state index contributed by atoms with van der Waals surface area (Å²) >= 11 is 0. The van der Waals surface area contributed by atoms with E-state index in [1.54, 1.807) is 0 Å². The minimum absolute atomic E-state index is 0.655. The molecule has 0 unspecified atom stereocenters. The Balaban J connectivity index is 0.000000301. The summed E-state index contributed by atoms with van der Waals surface area (Å²) in [5, 5.41) is 18.8. The van der Waals surface area contributed by atoms with E-state index >= 15 is 0 Å². The normalized spacial score (nSPS) is 14.3. The molecule has 1 aliphatic rings. The van der Waals surface area contributed by atoms with Crippen LogP contribution in [-0.4, -0.2) is 57.3 Å². The largest absolute Gasteiger partial charge is 0.473 e. The molecule has 0 saturated heterocycles. The molecule has 1 aromatic carbocycles. The van der Waals surface area contributed by atoms with Crippen LogP contribution in [0, 0.1) is 0 Å². The SMILES string of the molecule is CN1CC=C(c2nc(-c3ccccc3)no2)CC1.O=C(O)C(=O)O. The lowest BCUT2D eigenvalue weighted by Gasteiger charge is -2.19. The van der Waals surface area contributed by atoms with Crippen LogP contribution in [0.15, 0.2) is 40.9 Å². The maximum Gasteiger partial charge on any atom is 0.414 e. The number of carboxylic acid groups (broad SMARTS) is 2. The Morgan fingerprint density at radius 3 is 2.38 bits per heavy atom. The predicted octanol–water partition coefficient (Wildman–Crippen LogP) is 1.61. The van der Waals surface area contributed by atoms with Gasteiger partial charge in [-0.05, 0) is 13.5 Å². The van der Waals surface area contributed by atoms with Gasteiger partial charge in [0.1, 0.15) is 0 Å². The Bertz CT molecular complexity index is 727. The van der Waals surface area contributed by atoms with E-state index in [0.717, 1.165) is 30.6 Å². The van der Waals surface area contributed by atoms with E-state index in [2.05, 4.69) is 28.2 Å². The molecule has 2 aromatic rings. The van der Waals surface area contributed by atoms with E-state index < -0.39 is 11.9 Å². The molecule has 0 saturated carbocycles. The van der Waals surface area contributed by atoms with Crippen LogP contribution in [0.3, 0.4) is 0 Å². The topological polar surface area (TPSA) is 117 Å². The van der Waals surface area contributed by atoms with Gasteiger partial charge in [-0.2, -0.15) is 4.98 Å². The average Bonchev–Trinajstić information content (AvgIpc) is 3.07. The molecule has 8 heteroatoms. The highest BCUT2D eigenvalue weighted by Gasteiger charge is 2.16. The van der Waals surface area contributed by atoms with Gasteiger partial charge in [0.05, 0.1) is 0 Å². The van der Waals surface area contributed by atoms with Gasteiger partial charge in [-0.15, -0.1) is 0 Å². The van der Waals surface area contributed by atoms with Crippen LogP contribution in [0.4, 0.5) is 0 Å². The second-order valence-corrected chi connectivity index (χ2v) is 5.14. The first-order chi connectivity index (χ1) is 11.5. The molecule has 24 heavy (non-hydrogen) atoms. The summed E-state index contributed by atoms with van der Waals surface area (Å²) in [7, 11) is 2.11. The van der Waals surface area contributed by atoms with Crippen LogP contribution < -0.4 is 0 Å². The zero-order valence-corrected chi connectivity index (χ0v) is 13.0. The van der Waals surface area contributed by atoms with E-state index in [-0.39, 0.29) is 0 Å². The summed E-state index contributed by atoms with van der Waals surface area (Å²) in [6.45, 7) is 1.98. The molecular weight excluding hydrogens is 314 g/mol. The van der Waals surface area contributed by atoms with E-state index in [9.17, 15) is 0 Å². The van der Waals surface area contributed by atoms with E-state index in [1.807, 2.05) is 30.3 Å². The van der Waals surface area contributed by atoms with Crippen molar-refractivity contribution < 1.29 is 24.3 Å². The molecule has 1 aliphatic heterocycles. The Labute approximate surface area is 138 Å². The Morgan fingerprint density at radius 2 is 1.83 bits per heavy atom. The van der Waals surface area contributed by atoms with Gasteiger partial charge in [0, 0.05) is 24.2 Å². The van der Waals surface area contributed by atoms with Crippen LogP contribution in [0.1, 0.15) is 12.3 Å². The van der Waals surface area contributed by atoms with Crippen molar-refractivity contribution in [1.82, 2.24) is 15.0 Å². The second-order valence-electron chi connectivity index (χ2n) is 5.14. The molecule has 0 amide bonds. The van der Waals surface area contributed by atoms with Gasteiger partial charge in [0.25, 0.3) is 5.89 Å². The molecule has 0 fully saturated rings. The van der Waals surface area contributed by atoms with Crippen molar-refractivity contribution in [2.75, 3.05) is 20.1 Å². The van der Waals surface area contributed by atoms with Gasteiger partial charge in [-0.1, -0.05) is 41.6 Å². The first-order valence-corrected chi connectivity index (χ1v) is 7.20. The van der Waals surface area contributed by atoms with Crippen LogP contribution in [0.25, 0.3) is 17.0 Å². The first kappa shape index (κ1) is 17.4. The third-order valence-electron chi connectivity index (χ3n) is 3.33.